The van der Waals surface area contributed by atoms with E-state index in [0.29, 0.717) is 0 Å². The van der Waals surface area contributed by atoms with Gasteiger partial charge in [-0.25, -0.2) is 0 Å². The molecule has 0 unspecified atom stereocenters. The summed E-state index contributed by atoms with van der Waals surface area (Å²) in [6.45, 7) is 3.96. The van der Waals surface area contributed by atoms with E-state index in [-0.39, 0.29) is 0 Å². The molecule has 0 atom stereocenters. The molecule has 0 N–H and O–H groups in total. The Morgan fingerprint density at radius 1 is 1.60 bits per heavy atom. The topological polar surface area (TPSA) is 0 Å². The lowest BCUT2D eigenvalue weighted by Gasteiger charge is -1.71. The third-order valence-corrected chi connectivity index (χ3v) is 0.707. The second-order valence-corrected chi connectivity index (χ2v) is 1.43. The SMILES string of the molecule is CC(C)=C[S]. The van der Waals surface area contributed by atoms with Gasteiger partial charge >= 0.3 is 0 Å². The molecular weight excluding hydrogens is 80.1 g/mol. The fourth-order valence-corrected chi connectivity index (χ4v) is 0. The van der Waals surface area contributed by atoms with E-state index in [9.17, 15) is 0 Å². The highest BCUT2D eigenvalue weighted by atomic mass is 32.1. The van der Waals surface area contributed by atoms with Crippen LogP contribution < -0.4 is 0 Å². The van der Waals surface area contributed by atoms with Crippen molar-refractivity contribution in [1.29, 1.82) is 0 Å². The molecule has 29 valence electrons. The lowest BCUT2D eigenvalue weighted by molar-refractivity contribution is 1.42. The van der Waals surface area contributed by atoms with Crippen LogP contribution in [0.5, 0.6) is 0 Å². The van der Waals surface area contributed by atoms with Crippen molar-refractivity contribution in [2.75, 3.05) is 0 Å². The van der Waals surface area contributed by atoms with Crippen molar-refractivity contribution in [2.24, 2.45) is 0 Å². The van der Waals surface area contributed by atoms with Gasteiger partial charge in [-0.05, 0) is 19.3 Å². The molecular formula is C4H7S. The van der Waals surface area contributed by atoms with Gasteiger partial charge in [0, 0.05) is 0 Å². The van der Waals surface area contributed by atoms with Gasteiger partial charge in [0.25, 0.3) is 0 Å². The third kappa shape index (κ3) is 3.96. The Balaban J connectivity index is 3.14. The van der Waals surface area contributed by atoms with Crippen molar-refractivity contribution in [3.05, 3.63) is 11.0 Å². The van der Waals surface area contributed by atoms with E-state index in [1.807, 2.05) is 13.8 Å². The van der Waals surface area contributed by atoms with Crippen molar-refractivity contribution in [1.82, 2.24) is 0 Å². The predicted molar refractivity (Wildman–Crippen MR) is 27.0 cm³/mol. The summed E-state index contributed by atoms with van der Waals surface area (Å²) in [4.78, 5) is 0. The minimum absolute atomic E-state index is 1.19. The molecule has 0 saturated heterocycles. The second-order valence-electron chi connectivity index (χ2n) is 1.20. The van der Waals surface area contributed by atoms with Crippen LogP contribution in [-0.2, 0) is 0 Å². The Morgan fingerprint density at radius 3 is 1.80 bits per heavy atom. The largest absolute Gasteiger partial charge is 0.0888 e. The zero-order valence-corrected chi connectivity index (χ0v) is 4.30. The maximum absolute atomic E-state index is 4.51. The van der Waals surface area contributed by atoms with E-state index in [0.717, 1.165) is 0 Å². The number of hydrogen-bond acceptors (Lipinski definition) is 0. The van der Waals surface area contributed by atoms with Gasteiger partial charge < -0.3 is 0 Å². The molecule has 0 aliphatic heterocycles. The summed E-state index contributed by atoms with van der Waals surface area (Å²) in [5.41, 5.74) is 1.19. The summed E-state index contributed by atoms with van der Waals surface area (Å²) in [6, 6.07) is 0. The molecule has 0 aliphatic rings. The van der Waals surface area contributed by atoms with Gasteiger partial charge in [-0.3, -0.25) is 0 Å². The summed E-state index contributed by atoms with van der Waals surface area (Å²) < 4.78 is 0. The second kappa shape index (κ2) is 2.21. The first-order chi connectivity index (χ1) is 2.27. The summed E-state index contributed by atoms with van der Waals surface area (Å²) >= 11 is 4.51. The molecule has 1 heteroatoms. The van der Waals surface area contributed by atoms with Gasteiger partial charge in [0.1, 0.15) is 0 Å². The molecule has 0 aromatic carbocycles. The van der Waals surface area contributed by atoms with E-state index < -0.39 is 0 Å². The van der Waals surface area contributed by atoms with Gasteiger partial charge in [0.05, 0.1) is 0 Å². The highest BCUT2D eigenvalue weighted by molar-refractivity contribution is 7.83. The van der Waals surface area contributed by atoms with Crippen molar-refractivity contribution in [3.63, 3.8) is 0 Å². The fraction of sp³-hybridized carbons (Fsp3) is 0.500. The van der Waals surface area contributed by atoms with Crippen LogP contribution in [-0.4, -0.2) is 0 Å². The Hall–Kier alpha value is -0.0400. The molecule has 5 heavy (non-hydrogen) atoms. The predicted octanol–water partition coefficient (Wildman–Crippen LogP) is 2.11. The van der Waals surface area contributed by atoms with Crippen LogP contribution in [0, 0.1) is 0 Å². The quantitative estimate of drug-likeness (QED) is 0.424. The third-order valence-electron chi connectivity index (χ3n) is 0.236. The summed E-state index contributed by atoms with van der Waals surface area (Å²) in [5.74, 6) is 0. The normalized spacial score (nSPS) is 6.80. The van der Waals surface area contributed by atoms with E-state index in [2.05, 4.69) is 12.6 Å². The van der Waals surface area contributed by atoms with Gasteiger partial charge in [0.15, 0.2) is 0 Å². The van der Waals surface area contributed by atoms with Crippen molar-refractivity contribution >= 4 is 12.6 Å². The minimum Gasteiger partial charge on any atom is -0.0888 e. The smallest absolute Gasteiger partial charge is 0.00000797 e. The summed E-state index contributed by atoms with van der Waals surface area (Å²) in [6.07, 6.45) is 0. The van der Waals surface area contributed by atoms with Crippen LogP contribution in [0.3, 0.4) is 0 Å². The molecule has 0 heterocycles. The van der Waals surface area contributed by atoms with Gasteiger partial charge in [-0.1, -0.05) is 18.2 Å². The van der Waals surface area contributed by atoms with Crippen molar-refractivity contribution in [3.8, 4) is 0 Å². The lowest BCUT2D eigenvalue weighted by Crippen LogP contribution is -1.49. The summed E-state index contributed by atoms with van der Waals surface area (Å²) in [5, 5.41) is 1.67. The van der Waals surface area contributed by atoms with Gasteiger partial charge in [0.2, 0.25) is 0 Å². The molecule has 0 amide bonds. The average molecular weight is 87.2 g/mol. The monoisotopic (exact) mass is 87.0 g/mol. The van der Waals surface area contributed by atoms with Gasteiger partial charge in [-0.15, -0.1) is 0 Å². The van der Waals surface area contributed by atoms with Crippen molar-refractivity contribution in [2.45, 2.75) is 13.8 Å². The standard InChI is InChI=1S/C4H7S/c1-4(2)3-5/h3H,1-2H3. The first-order valence-electron chi connectivity index (χ1n) is 1.52. The lowest BCUT2D eigenvalue weighted by atomic mass is 10.4. The average Bonchev–Trinajstić information content (AvgIpc) is 1.38. The zero-order chi connectivity index (χ0) is 4.28. The molecule has 0 aromatic heterocycles. The first kappa shape index (κ1) is 4.96. The van der Waals surface area contributed by atoms with E-state index >= 15 is 0 Å². The van der Waals surface area contributed by atoms with Crippen LogP contribution in [0.1, 0.15) is 13.8 Å². The van der Waals surface area contributed by atoms with Crippen LogP contribution in [0.4, 0.5) is 0 Å². The molecule has 0 saturated carbocycles. The Bertz CT molecular complexity index is 41.6. The van der Waals surface area contributed by atoms with Crippen molar-refractivity contribution < 1.29 is 0 Å². The molecule has 0 spiro atoms. The van der Waals surface area contributed by atoms with Crippen LogP contribution in [0.2, 0.25) is 0 Å². The molecule has 0 nitrogen and oxygen atoms in total. The maximum atomic E-state index is 4.51. The molecule has 0 rings (SSSR count). The van der Waals surface area contributed by atoms with Crippen LogP contribution >= 0.6 is 12.6 Å². The van der Waals surface area contributed by atoms with E-state index in [1.165, 1.54) is 5.57 Å². The number of hydrogen-bond donors (Lipinski definition) is 0. The Morgan fingerprint density at radius 2 is 1.80 bits per heavy atom. The Labute approximate surface area is 38.3 Å². The molecule has 0 aromatic rings. The van der Waals surface area contributed by atoms with E-state index in [1.54, 1.807) is 5.41 Å². The van der Waals surface area contributed by atoms with E-state index in [4.69, 9.17) is 0 Å². The fourth-order valence-electron chi connectivity index (χ4n) is 0. The zero-order valence-electron chi connectivity index (χ0n) is 3.49. The molecule has 0 fully saturated rings. The maximum Gasteiger partial charge on any atom is -0.00000797 e. The molecule has 0 aliphatic carbocycles. The highest BCUT2D eigenvalue weighted by Gasteiger charge is 1.62. The number of allylic oxidation sites excluding steroid dienone is 1. The van der Waals surface area contributed by atoms with Crippen LogP contribution in [0.25, 0.3) is 0 Å². The van der Waals surface area contributed by atoms with Gasteiger partial charge in [-0.2, -0.15) is 0 Å². The highest BCUT2D eigenvalue weighted by Crippen LogP contribution is 1.87. The Kier molecular flexibility index (Phi) is 2.19. The first-order valence-corrected chi connectivity index (χ1v) is 2.00. The van der Waals surface area contributed by atoms with Crippen LogP contribution in [0.15, 0.2) is 11.0 Å². The molecule has 0 bridgehead atoms. The summed E-state index contributed by atoms with van der Waals surface area (Å²) in [7, 11) is 0. The molecule has 1 radical (unpaired) electrons. The number of rotatable bonds is 0. The minimum atomic E-state index is 1.19.